The van der Waals surface area contributed by atoms with Crippen LogP contribution in [-0.2, 0) is 18.6 Å². The van der Waals surface area contributed by atoms with Gasteiger partial charge in [-0.2, -0.15) is 13.2 Å². The molecule has 0 aliphatic rings. The van der Waals surface area contributed by atoms with Crippen molar-refractivity contribution in [3.05, 3.63) is 46.6 Å². The molecule has 1 heterocycles. The van der Waals surface area contributed by atoms with E-state index in [1.165, 1.54) is 11.3 Å². The van der Waals surface area contributed by atoms with Gasteiger partial charge in [0.1, 0.15) is 7.05 Å². The third kappa shape index (κ3) is 4.45. The molecule has 0 radical (unpaired) electrons. The molecule has 0 aliphatic carbocycles. The van der Waals surface area contributed by atoms with Crippen LogP contribution in [0.15, 0.2) is 24.4 Å². The Labute approximate surface area is 162 Å². The van der Waals surface area contributed by atoms with Crippen molar-refractivity contribution in [2.24, 2.45) is 7.05 Å². The molecule has 2 aromatic rings. The van der Waals surface area contributed by atoms with Crippen molar-refractivity contribution in [1.82, 2.24) is 0 Å². The van der Waals surface area contributed by atoms with Crippen molar-refractivity contribution < 1.29 is 17.7 Å². The number of alkyl halides is 3. The van der Waals surface area contributed by atoms with E-state index >= 15 is 0 Å². The monoisotopic (exact) mass is 394 g/mol. The summed E-state index contributed by atoms with van der Waals surface area (Å²) in [6.07, 6.45) is -2.28. The van der Waals surface area contributed by atoms with Gasteiger partial charge in [0.05, 0.1) is 13.6 Å². The van der Waals surface area contributed by atoms with Gasteiger partial charge in [0.15, 0.2) is 6.20 Å². The number of halogens is 3. The first-order valence-corrected chi connectivity index (χ1v) is 12.8. The van der Waals surface area contributed by atoms with Gasteiger partial charge in [0.25, 0.3) is 0 Å². The smallest absolute Gasteiger partial charge is 0.201 e. The molecule has 1 nitrogen and oxygen atoms in total. The molecular formula is C22H31F3NSi+. The second-order valence-corrected chi connectivity index (χ2v) is 14.6. The molecular weight excluding hydrogens is 363 g/mol. The number of nitrogens with zero attached hydrogens (tertiary/aromatic N) is 1. The van der Waals surface area contributed by atoms with Gasteiger partial charge in [0.2, 0.25) is 5.69 Å². The van der Waals surface area contributed by atoms with Gasteiger partial charge >= 0.3 is 6.18 Å². The summed E-state index contributed by atoms with van der Waals surface area (Å²) >= 11 is 0. The Morgan fingerprint density at radius 2 is 1.41 bits per heavy atom. The maximum atomic E-state index is 13.8. The molecule has 0 saturated heterocycles. The third-order valence-electron chi connectivity index (χ3n) is 5.04. The van der Waals surface area contributed by atoms with E-state index in [0.717, 1.165) is 16.8 Å². The number of aromatic nitrogens is 1. The molecule has 0 atom stereocenters. The quantitative estimate of drug-likeness (QED) is 0.457. The molecule has 148 valence electrons. The molecule has 27 heavy (non-hydrogen) atoms. The normalized spacial score (nSPS) is 13.2. The predicted molar refractivity (Wildman–Crippen MR) is 109 cm³/mol. The maximum absolute atomic E-state index is 13.8. The van der Waals surface area contributed by atoms with Gasteiger partial charge in [-0.25, -0.2) is 4.57 Å². The Hall–Kier alpha value is -1.62. The Balaban J connectivity index is 2.79. The van der Waals surface area contributed by atoms with Gasteiger partial charge in [0, 0.05) is 16.8 Å². The lowest BCUT2D eigenvalue weighted by Crippen LogP contribution is -2.46. The molecule has 1 aromatic carbocycles. The zero-order valence-electron chi connectivity index (χ0n) is 17.9. The molecule has 2 rings (SSSR count). The van der Waals surface area contributed by atoms with E-state index in [2.05, 4.69) is 32.8 Å². The van der Waals surface area contributed by atoms with Crippen LogP contribution in [0.3, 0.4) is 0 Å². The molecule has 5 heteroatoms. The summed E-state index contributed by atoms with van der Waals surface area (Å²) in [5, 5.41) is 1.33. The second-order valence-electron chi connectivity index (χ2n) is 9.58. The van der Waals surface area contributed by atoms with Crippen molar-refractivity contribution in [2.75, 3.05) is 0 Å². The molecule has 1 aromatic heterocycles. The Morgan fingerprint density at radius 3 is 1.85 bits per heavy atom. The highest BCUT2D eigenvalue weighted by molar-refractivity contribution is 6.88. The van der Waals surface area contributed by atoms with Crippen LogP contribution < -0.4 is 9.75 Å². The molecule has 0 unspecified atom stereocenters. The SMILES string of the molecule is Cc1cc(C(C)(C)C)c(C(F)(F)F)cc1-c1cc(C)c([Si](C)(C)C)c[n+]1C. The molecule has 0 bridgehead atoms. The van der Waals surface area contributed by atoms with Crippen molar-refractivity contribution >= 4 is 13.3 Å². The van der Waals surface area contributed by atoms with E-state index in [1.807, 2.05) is 45.4 Å². The molecule has 0 saturated carbocycles. The van der Waals surface area contributed by atoms with Crippen LogP contribution in [0, 0.1) is 13.8 Å². The average molecular weight is 395 g/mol. The number of hydrogen-bond acceptors (Lipinski definition) is 0. The van der Waals surface area contributed by atoms with E-state index in [1.54, 1.807) is 6.07 Å². The lowest BCUT2D eigenvalue weighted by atomic mass is 9.81. The minimum absolute atomic E-state index is 0.342. The number of benzene rings is 1. The molecule has 0 fully saturated rings. The minimum atomic E-state index is -4.38. The predicted octanol–water partition coefficient (Wildman–Crippen LogP) is 5.66. The Kier molecular flexibility index (Phi) is 5.43. The first-order chi connectivity index (χ1) is 12.0. The highest BCUT2D eigenvalue weighted by atomic mass is 28.3. The molecule has 0 amide bonds. The number of aryl methyl sites for hydroxylation is 3. The van der Waals surface area contributed by atoms with Crippen molar-refractivity contribution in [3.8, 4) is 11.3 Å². The van der Waals surface area contributed by atoms with Crippen LogP contribution in [0.2, 0.25) is 19.6 Å². The summed E-state index contributed by atoms with van der Waals surface area (Å²) in [4.78, 5) is 0. The zero-order valence-corrected chi connectivity index (χ0v) is 18.9. The van der Waals surface area contributed by atoms with Gasteiger partial charge in [-0.3, -0.25) is 0 Å². The topological polar surface area (TPSA) is 3.88 Å². The van der Waals surface area contributed by atoms with Crippen LogP contribution in [0.25, 0.3) is 11.3 Å². The van der Waals surface area contributed by atoms with Crippen LogP contribution in [-0.4, -0.2) is 8.07 Å². The second kappa shape index (κ2) is 6.76. The first-order valence-electron chi connectivity index (χ1n) is 9.27. The summed E-state index contributed by atoms with van der Waals surface area (Å²) in [6, 6.07) is 5.08. The Morgan fingerprint density at radius 1 is 0.852 bits per heavy atom. The summed E-state index contributed by atoms with van der Waals surface area (Å²) in [5.74, 6) is 0. The van der Waals surface area contributed by atoms with E-state index in [9.17, 15) is 13.2 Å². The first kappa shape index (κ1) is 21.7. The number of rotatable bonds is 2. The van der Waals surface area contributed by atoms with Gasteiger partial charge in [-0.15, -0.1) is 0 Å². The molecule has 0 aliphatic heterocycles. The van der Waals surface area contributed by atoms with Crippen LogP contribution >= 0.6 is 0 Å². The summed E-state index contributed by atoms with van der Waals surface area (Å²) < 4.78 is 43.4. The lowest BCUT2D eigenvalue weighted by molar-refractivity contribution is -0.659. The van der Waals surface area contributed by atoms with E-state index < -0.39 is 25.2 Å². The van der Waals surface area contributed by atoms with E-state index in [-0.39, 0.29) is 0 Å². The van der Waals surface area contributed by atoms with Gasteiger partial charge in [-0.1, -0.05) is 46.5 Å². The maximum Gasteiger partial charge on any atom is 0.416 e. The summed E-state index contributed by atoms with van der Waals surface area (Å²) in [7, 11) is 0.397. The Bertz CT molecular complexity index is 869. The van der Waals surface area contributed by atoms with Gasteiger partial charge < -0.3 is 0 Å². The fraction of sp³-hybridized carbons (Fsp3) is 0.500. The minimum Gasteiger partial charge on any atom is -0.201 e. The number of hydrogen-bond donors (Lipinski definition) is 0. The summed E-state index contributed by atoms with van der Waals surface area (Å²) in [6.45, 7) is 16.3. The van der Waals surface area contributed by atoms with Crippen LogP contribution in [0.4, 0.5) is 13.2 Å². The highest BCUT2D eigenvalue weighted by Crippen LogP contribution is 2.40. The molecule has 0 spiro atoms. The van der Waals surface area contributed by atoms with Crippen LogP contribution in [0.1, 0.15) is 43.0 Å². The van der Waals surface area contributed by atoms with Crippen molar-refractivity contribution in [2.45, 2.75) is 65.9 Å². The molecule has 0 N–H and O–H groups in total. The van der Waals surface area contributed by atoms with Crippen molar-refractivity contribution in [3.63, 3.8) is 0 Å². The fourth-order valence-corrected chi connectivity index (χ4v) is 5.48. The van der Waals surface area contributed by atoms with Crippen LogP contribution in [0.5, 0.6) is 0 Å². The van der Waals surface area contributed by atoms with E-state index in [0.29, 0.717) is 11.1 Å². The largest absolute Gasteiger partial charge is 0.416 e. The van der Waals surface area contributed by atoms with Crippen molar-refractivity contribution in [1.29, 1.82) is 0 Å². The average Bonchev–Trinajstić information content (AvgIpc) is 2.46. The van der Waals surface area contributed by atoms with Gasteiger partial charge in [-0.05, 0) is 42.0 Å². The third-order valence-corrected chi connectivity index (χ3v) is 7.18. The lowest BCUT2D eigenvalue weighted by Gasteiger charge is -2.26. The fourth-order valence-electron chi connectivity index (χ4n) is 3.64. The zero-order chi connectivity index (χ0) is 20.9. The summed E-state index contributed by atoms with van der Waals surface area (Å²) in [5.41, 5.74) is 2.70. The standard InChI is InChI=1S/C22H31F3NSi/c1-14-10-17(21(3,4)5)18(22(23,24)25)12-16(14)19-11-15(2)20(13-26(19)6)27(7,8)9/h10-13H,1-9H3/q+1. The number of pyridine rings is 1. The highest BCUT2D eigenvalue weighted by Gasteiger charge is 2.38. The van der Waals surface area contributed by atoms with E-state index in [4.69, 9.17) is 0 Å².